The lowest BCUT2D eigenvalue weighted by Gasteiger charge is -2.11. The fraction of sp³-hybridized carbons (Fsp3) is 0.312. The highest BCUT2D eigenvalue weighted by Gasteiger charge is 2.23. The fourth-order valence-corrected chi connectivity index (χ4v) is 2.65. The van der Waals surface area contributed by atoms with Gasteiger partial charge in [0.15, 0.2) is 0 Å². The summed E-state index contributed by atoms with van der Waals surface area (Å²) in [6, 6.07) is 6.74. The second kappa shape index (κ2) is 6.14. The Labute approximate surface area is 138 Å². The first-order valence-electron chi connectivity index (χ1n) is 7.23. The molecule has 1 aliphatic rings. The summed E-state index contributed by atoms with van der Waals surface area (Å²) in [5.41, 5.74) is 2.56. The molecule has 1 N–H and O–H groups in total. The molecule has 2 heterocycles. The van der Waals surface area contributed by atoms with E-state index in [2.05, 4.69) is 10.4 Å². The van der Waals surface area contributed by atoms with E-state index in [1.165, 1.54) is 6.07 Å². The van der Waals surface area contributed by atoms with Gasteiger partial charge in [0.1, 0.15) is 6.54 Å². The molecular weight excluding hydrogens is 318 g/mol. The quantitative estimate of drug-likeness (QED) is 0.936. The van der Waals surface area contributed by atoms with Gasteiger partial charge in [0, 0.05) is 22.3 Å². The van der Waals surface area contributed by atoms with Gasteiger partial charge >= 0.3 is 0 Å². The molecule has 0 saturated carbocycles. The number of carbonyl (C=O) groups is 1. The molecule has 3 rings (SSSR count). The van der Waals surface area contributed by atoms with E-state index in [4.69, 9.17) is 16.3 Å². The second-order valence-corrected chi connectivity index (χ2v) is 5.87. The van der Waals surface area contributed by atoms with Crippen molar-refractivity contribution in [3.63, 3.8) is 0 Å². The molecule has 0 saturated heterocycles. The van der Waals surface area contributed by atoms with Gasteiger partial charge in [-0.25, -0.2) is 4.68 Å². The van der Waals surface area contributed by atoms with Crippen LogP contribution in [0.1, 0.15) is 29.8 Å². The summed E-state index contributed by atoms with van der Waals surface area (Å²) in [4.78, 5) is 24.2. The van der Waals surface area contributed by atoms with Gasteiger partial charge in [-0.15, -0.1) is 0 Å². The molecule has 1 unspecified atom stereocenters. The number of halogens is 1. The summed E-state index contributed by atoms with van der Waals surface area (Å²) in [5, 5.41) is 7.57. The number of nitrogens with zero attached hydrogens (tertiary/aromatic N) is 2. The van der Waals surface area contributed by atoms with Crippen LogP contribution in [0.15, 0.2) is 29.1 Å². The molecule has 1 atom stereocenters. The molecule has 2 aromatic rings. The van der Waals surface area contributed by atoms with E-state index in [1.807, 2.05) is 13.8 Å². The predicted octanol–water partition coefficient (Wildman–Crippen LogP) is 2.44. The number of carbonyl (C=O) groups excluding carboxylic acids is 1. The number of anilines is 1. The molecule has 0 bridgehead atoms. The summed E-state index contributed by atoms with van der Waals surface area (Å²) < 4.78 is 6.58. The van der Waals surface area contributed by atoms with E-state index in [1.54, 1.807) is 18.2 Å². The molecule has 1 amide bonds. The normalized spacial score (nSPS) is 16.2. The van der Waals surface area contributed by atoms with Crippen LogP contribution in [0, 0.1) is 6.92 Å². The van der Waals surface area contributed by atoms with Crippen LogP contribution in [-0.2, 0) is 22.7 Å². The maximum Gasteiger partial charge on any atom is 0.267 e. The number of aromatic nitrogens is 2. The van der Waals surface area contributed by atoms with E-state index in [-0.39, 0.29) is 24.1 Å². The standard InChI is InChI=1S/C16H16ClN3O3/c1-9-12(17)4-3-5-13(9)18-14(21)7-20-15(22)6-11-8-23-10(2)16(11)19-20/h3-6,10H,7-8H2,1-2H3,(H,18,21). The Bertz CT molecular complexity index is 832. The summed E-state index contributed by atoms with van der Waals surface area (Å²) in [6.45, 7) is 3.90. The summed E-state index contributed by atoms with van der Waals surface area (Å²) in [7, 11) is 0. The number of hydrogen-bond donors (Lipinski definition) is 1. The third kappa shape index (κ3) is 3.13. The summed E-state index contributed by atoms with van der Waals surface area (Å²) >= 11 is 6.03. The summed E-state index contributed by atoms with van der Waals surface area (Å²) in [5.74, 6) is -0.337. The van der Waals surface area contributed by atoms with Gasteiger partial charge in [0.2, 0.25) is 5.91 Å². The minimum atomic E-state index is -0.337. The highest BCUT2D eigenvalue weighted by atomic mass is 35.5. The molecule has 1 aromatic carbocycles. The van der Waals surface area contributed by atoms with Crippen LogP contribution < -0.4 is 10.9 Å². The lowest BCUT2D eigenvalue weighted by atomic mass is 10.2. The second-order valence-electron chi connectivity index (χ2n) is 5.46. The van der Waals surface area contributed by atoms with Crippen LogP contribution in [0.25, 0.3) is 0 Å². The molecule has 7 heteroatoms. The molecule has 0 radical (unpaired) electrons. The lowest BCUT2D eigenvalue weighted by Crippen LogP contribution is -2.30. The van der Waals surface area contributed by atoms with Gasteiger partial charge in [-0.3, -0.25) is 9.59 Å². The molecular formula is C16H16ClN3O3. The monoisotopic (exact) mass is 333 g/mol. The maximum atomic E-state index is 12.2. The first-order chi connectivity index (χ1) is 11.0. The van der Waals surface area contributed by atoms with E-state index in [0.717, 1.165) is 15.8 Å². The van der Waals surface area contributed by atoms with Crippen molar-refractivity contribution in [2.75, 3.05) is 5.32 Å². The molecule has 0 spiro atoms. The zero-order valence-corrected chi connectivity index (χ0v) is 13.6. The van der Waals surface area contributed by atoms with Crippen LogP contribution in [-0.4, -0.2) is 15.7 Å². The third-order valence-electron chi connectivity index (χ3n) is 3.82. The SMILES string of the molecule is Cc1c(Cl)cccc1NC(=O)Cn1nc2c(cc1=O)COC2C. The van der Waals surface area contributed by atoms with Gasteiger partial charge in [0.25, 0.3) is 5.56 Å². The van der Waals surface area contributed by atoms with Crippen molar-refractivity contribution in [3.8, 4) is 0 Å². The van der Waals surface area contributed by atoms with Crippen molar-refractivity contribution in [1.29, 1.82) is 0 Å². The van der Waals surface area contributed by atoms with Crippen molar-refractivity contribution < 1.29 is 9.53 Å². The molecule has 23 heavy (non-hydrogen) atoms. The van der Waals surface area contributed by atoms with Crippen molar-refractivity contribution in [3.05, 3.63) is 56.5 Å². The van der Waals surface area contributed by atoms with Gasteiger partial charge in [-0.2, -0.15) is 5.10 Å². The van der Waals surface area contributed by atoms with Crippen LogP contribution >= 0.6 is 11.6 Å². The Balaban J connectivity index is 1.80. The van der Waals surface area contributed by atoms with Crippen molar-refractivity contribution in [1.82, 2.24) is 9.78 Å². The van der Waals surface area contributed by atoms with Crippen molar-refractivity contribution >= 4 is 23.2 Å². The minimum absolute atomic E-state index is 0.162. The average Bonchev–Trinajstić information content (AvgIpc) is 2.85. The Morgan fingerprint density at radius 1 is 1.52 bits per heavy atom. The molecule has 1 aromatic heterocycles. The number of rotatable bonds is 3. The number of fused-ring (bicyclic) bond motifs is 1. The molecule has 120 valence electrons. The van der Waals surface area contributed by atoms with E-state index in [0.29, 0.717) is 23.0 Å². The Hall–Kier alpha value is -2.18. The smallest absolute Gasteiger partial charge is 0.267 e. The van der Waals surface area contributed by atoms with Gasteiger partial charge < -0.3 is 10.1 Å². The van der Waals surface area contributed by atoms with Crippen molar-refractivity contribution in [2.45, 2.75) is 33.1 Å². The zero-order chi connectivity index (χ0) is 16.6. The predicted molar refractivity (Wildman–Crippen MR) is 86.5 cm³/mol. The lowest BCUT2D eigenvalue weighted by molar-refractivity contribution is -0.117. The average molecular weight is 334 g/mol. The van der Waals surface area contributed by atoms with E-state index < -0.39 is 0 Å². The fourth-order valence-electron chi connectivity index (χ4n) is 2.47. The minimum Gasteiger partial charge on any atom is -0.367 e. The Kier molecular flexibility index (Phi) is 4.19. The van der Waals surface area contributed by atoms with Gasteiger partial charge in [-0.1, -0.05) is 17.7 Å². The Morgan fingerprint density at radius 2 is 2.30 bits per heavy atom. The number of amides is 1. The first kappa shape index (κ1) is 15.7. The van der Waals surface area contributed by atoms with Crippen LogP contribution in [0.5, 0.6) is 0 Å². The largest absolute Gasteiger partial charge is 0.367 e. The van der Waals surface area contributed by atoms with Gasteiger partial charge in [-0.05, 0) is 31.5 Å². The highest BCUT2D eigenvalue weighted by molar-refractivity contribution is 6.31. The number of hydrogen-bond acceptors (Lipinski definition) is 4. The van der Waals surface area contributed by atoms with Crippen molar-refractivity contribution in [2.24, 2.45) is 0 Å². The molecule has 0 aliphatic carbocycles. The number of ether oxygens (including phenoxy) is 1. The van der Waals surface area contributed by atoms with E-state index >= 15 is 0 Å². The van der Waals surface area contributed by atoms with E-state index in [9.17, 15) is 9.59 Å². The highest BCUT2D eigenvalue weighted by Crippen LogP contribution is 2.26. The zero-order valence-electron chi connectivity index (χ0n) is 12.8. The van der Waals surface area contributed by atoms with Crippen LogP contribution in [0.4, 0.5) is 5.69 Å². The van der Waals surface area contributed by atoms with Crippen LogP contribution in [0.3, 0.4) is 0 Å². The van der Waals surface area contributed by atoms with Crippen LogP contribution in [0.2, 0.25) is 5.02 Å². The molecule has 6 nitrogen and oxygen atoms in total. The number of nitrogens with one attached hydrogen (secondary N) is 1. The summed E-state index contributed by atoms with van der Waals surface area (Å²) in [6.07, 6.45) is -0.171. The number of benzene rings is 1. The Morgan fingerprint density at radius 3 is 3.09 bits per heavy atom. The maximum absolute atomic E-state index is 12.2. The van der Waals surface area contributed by atoms with Gasteiger partial charge in [0.05, 0.1) is 18.4 Å². The molecule has 0 fully saturated rings. The molecule has 1 aliphatic heterocycles. The third-order valence-corrected chi connectivity index (χ3v) is 4.23. The topological polar surface area (TPSA) is 73.2 Å². The first-order valence-corrected chi connectivity index (χ1v) is 7.61.